The van der Waals surface area contributed by atoms with Gasteiger partial charge in [-0.25, -0.2) is 4.98 Å². The van der Waals surface area contributed by atoms with Crippen LogP contribution in [0.3, 0.4) is 0 Å². The van der Waals surface area contributed by atoms with E-state index in [9.17, 15) is 0 Å². The number of pyridine rings is 1. The molecule has 1 saturated heterocycles. The predicted molar refractivity (Wildman–Crippen MR) is 58.8 cm³/mol. The van der Waals surface area contributed by atoms with Crippen LogP contribution in [0.5, 0.6) is 5.88 Å². The first-order chi connectivity index (χ1) is 6.75. The molecule has 76 valence electrons. The number of rotatable bonds is 3. The summed E-state index contributed by atoms with van der Waals surface area (Å²) in [6.45, 7) is 2.77. The molecule has 0 amide bonds. The predicted octanol–water partition coefficient (Wildman–Crippen LogP) is 2.10. The maximum Gasteiger partial charge on any atom is 0.214 e. The second-order valence-electron chi connectivity index (χ2n) is 3.26. The first-order valence-electron chi connectivity index (χ1n) is 4.41. The number of hydrogen-bond acceptors (Lipinski definition) is 3. The Bertz CT molecular complexity index is 331. The second-order valence-corrected chi connectivity index (χ2v) is 4.47. The highest BCUT2D eigenvalue weighted by atomic mass is 79.9. The van der Waals surface area contributed by atoms with Crippen LogP contribution >= 0.6 is 27.5 Å². The number of nitrogens with one attached hydrogen (secondary N) is 1. The van der Waals surface area contributed by atoms with E-state index < -0.39 is 0 Å². The van der Waals surface area contributed by atoms with Crippen molar-refractivity contribution in [3.63, 3.8) is 0 Å². The minimum absolute atomic E-state index is 0.439. The van der Waals surface area contributed by atoms with Gasteiger partial charge in [0.05, 0.1) is 11.1 Å². The molecule has 2 rings (SSSR count). The molecule has 0 bridgehead atoms. The van der Waals surface area contributed by atoms with Crippen molar-refractivity contribution in [1.82, 2.24) is 10.3 Å². The van der Waals surface area contributed by atoms with Crippen molar-refractivity contribution in [2.75, 3.05) is 19.7 Å². The Kier molecular flexibility index (Phi) is 3.26. The number of halogens is 2. The molecule has 14 heavy (non-hydrogen) atoms. The van der Waals surface area contributed by atoms with E-state index in [4.69, 9.17) is 16.3 Å². The van der Waals surface area contributed by atoms with E-state index in [1.54, 1.807) is 0 Å². The van der Waals surface area contributed by atoms with Gasteiger partial charge in [-0.1, -0.05) is 11.6 Å². The Balaban J connectivity index is 1.91. The summed E-state index contributed by atoms with van der Waals surface area (Å²) >= 11 is 9.10. The summed E-state index contributed by atoms with van der Waals surface area (Å²) in [5.41, 5.74) is 0. The molecule has 0 unspecified atom stereocenters. The Morgan fingerprint density at radius 1 is 1.57 bits per heavy atom. The van der Waals surface area contributed by atoms with Crippen molar-refractivity contribution in [3.05, 3.63) is 21.8 Å². The zero-order valence-corrected chi connectivity index (χ0v) is 9.81. The molecule has 0 saturated carbocycles. The van der Waals surface area contributed by atoms with Gasteiger partial charge < -0.3 is 10.1 Å². The average molecular weight is 278 g/mol. The molecule has 2 heterocycles. The minimum atomic E-state index is 0.439. The summed E-state index contributed by atoms with van der Waals surface area (Å²) in [5, 5.41) is 3.62. The van der Waals surface area contributed by atoms with E-state index in [2.05, 4.69) is 26.2 Å². The van der Waals surface area contributed by atoms with Gasteiger partial charge in [-0.05, 0) is 22.0 Å². The van der Waals surface area contributed by atoms with Crippen LogP contribution in [0.15, 0.2) is 16.6 Å². The Hall–Kier alpha value is -0.320. The third-order valence-corrected chi connectivity index (χ3v) is 3.27. The van der Waals surface area contributed by atoms with Gasteiger partial charge in [0.15, 0.2) is 0 Å². The molecule has 1 aromatic rings. The van der Waals surface area contributed by atoms with Gasteiger partial charge in [-0.2, -0.15) is 0 Å². The van der Waals surface area contributed by atoms with Gasteiger partial charge in [-0.15, -0.1) is 0 Å². The number of ether oxygens (including phenoxy) is 1. The van der Waals surface area contributed by atoms with Crippen molar-refractivity contribution in [2.45, 2.75) is 0 Å². The zero-order chi connectivity index (χ0) is 9.97. The van der Waals surface area contributed by atoms with E-state index >= 15 is 0 Å². The fraction of sp³-hybridized carbons (Fsp3) is 0.444. The highest BCUT2D eigenvalue weighted by Crippen LogP contribution is 2.23. The maximum atomic E-state index is 5.83. The molecule has 0 atom stereocenters. The molecule has 0 spiro atoms. The van der Waals surface area contributed by atoms with Crippen molar-refractivity contribution < 1.29 is 4.74 Å². The van der Waals surface area contributed by atoms with Crippen molar-refractivity contribution >= 4 is 27.5 Å². The SMILES string of the molecule is Clc1nc(OCC2CNC2)ccc1Br. The molecular formula is C9H10BrClN2O. The van der Waals surface area contributed by atoms with Crippen molar-refractivity contribution in [1.29, 1.82) is 0 Å². The lowest BCUT2D eigenvalue weighted by Crippen LogP contribution is -2.45. The van der Waals surface area contributed by atoms with Gasteiger partial charge in [-0.3, -0.25) is 0 Å². The van der Waals surface area contributed by atoms with Crippen LogP contribution in [0.25, 0.3) is 0 Å². The molecule has 1 fully saturated rings. The molecule has 0 aromatic carbocycles. The van der Waals surface area contributed by atoms with Crippen molar-refractivity contribution in [2.24, 2.45) is 5.92 Å². The van der Waals surface area contributed by atoms with Crippen LogP contribution in [0, 0.1) is 5.92 Å². The zero-order valence-electron chi connectivity index (χ0n) is 7.46. The smallest absolute Gasteiger partial charge is 0.214 e. The monoisotopic (exact) mass is 276 g/mol. The lowest BCUT2D eigenvalue weighted by molar-refractivity contribution is 0.193. The molecule has 3 nitrogen and oxygen atoms in total. The lowest BCUT2D eigenvalue weighted by atomic mass is 10.1. The van der Waals surface area contributed by atoms with Crippen LogP contribution in [-0.4, -0.2) is 24.7 Å². The van der Waals surface area contributed by atoms with Gasteiger partial charge in [0.1, 0.15) is 5.15 Å². The molecule has 0 radical (unpaired) electrons. The molecule has 1 aliphatic heterocycles. The summed E-state index contributed by atoms with van der Waals surface area (Å²) in [5.74, 6) is 1.20. The van der Waals surface area contributed by atoms with Crippen LogP contribution in [0.4, 0.5) is 0 Å². The molecule has 1 N–H and O–H groups in total. The third kappa shape index (κ3) is 2.38. The van der Waals surface area contributed by atoms with Gasteiger partial charge in [0.2, 0.25) is 5.88 Å². The van der Waals surface area contributed by atoms with Gasteiger partial charge in [0.25, 0.3) is 0 Å². The molecular weight excluding hydrogens is 267 g/mol. The number of hydrogen-bond donors (Lipinski definition) is 1. The summed E-state index contributed by atoms with van der Waals surface area (Å²) < 4.78 is 6.28. The number of aromatic nitrogens is 1. The van der Waals surface area contributed by atoms with Gasteiger partial charge in [0, 0.05) is 25.1 Å². The Morgan fingerprint density at radius 2 is 2.36 bits per heavy atom. The molecule has 1 aliphatic rings. The topological polar surface area (TPSA) is 34.1 Å². The number of nitrogens with zero attached hydrogens (tertiary/aromatic N) is 1. The van der Waals surface area contributed by atoms with E-state index in [1.165, 1.54) is 0 Å². The standard InChI is InChI=1S/C9H10BrClN2O/c10-7-1-2-8(13-9(7)11)14-5-6-3-12-4-6/h1-2,6,12H,3-5H2. The largest absolute Gasteiger partial charge is 0.477 e. The minimum Gasteiger partial charge on any atom is -0.477 e. The van der Waals surface area contributed by atoms with Crippen molar-refractivity contribution in [3.8, 4) is 5.88 Å². The first kappa shape index (κ1) is 10.2. The first-order valence-corrected chi connectivity index (χ1v) is 5.58. The third-order valence-electron chi connectivity index (χ3n) is 2.11. The van der Waals surface area contributed by atoms with E-state index in [0.29, 0.717) is 23.6 Å². The highest BCUT2D eigenvalue weighted by molar-refractivity contribution is 9.10. The van der Waals surface area contributed by atoms with Gasteiger partial charge >= 0.3 is 0 Å². The Labute approximate surface area is 95.9 Å². The van der Waals surface area contributed by atoms with Crippen LogP contribution in [-0.2, 0) is 0 Å². The average Bonchev–Trinajstić information content (AvgIpc) is 2.08. The fourth-order valence-electron chi connectivity index (χ4n) is 1.15. The summed E-state index contributed by atoms with van der Waals surface area (Å²) in [4.78, 5) is 4.08. The van der Waals surface area contributed by atoms with Crippen LogP contribution < -0.4 is 10.1 Å². The van der Waals surface area contributed by atoms with E-state index in [-0.39, 0.29) is 0 Å². The highest BCUT2D eigenvalue weighted by Gasteiger charge is 2.17. The summed E-state index contributed by atoms with van der Waals surface area (Å²) in [6.07, 6.45) is 0. The molecule has 5 heteroatoms. The molecule has 1 aromatic heterocycles. The second kappa shape index (κ2) is 4.47. The Morgan fingerprint density at radius 3 is 2.93 bits per heavy atom. The van der Waals surface area contributed by atoms with Crippen LogP contribution in [0.1, 0.15) is 0 Å². The van der Waals surface area contributed by atoms with E-state index in [0.717, 1.165) is 17.6 Å². The maximum absolute atomic E-state index is 5.83. The lowest BCUT2D eigenvalue weighted by Gasteiger charge is -2.26. The van der Waals surface area contributed by atoms with E-state index in [1.807, 2.05) is 12.1 Å². The quantitative estimate of drug-likeness (QED) is 0.859. The summed E-state index contributed by atoms with van der Waals surface area (Å²) in [6, 6.07) is 3.64. The summed E-state index contributed by atoms with van der Waals surface area (Å²) in [7, 11) is 0. The fourth-order valence-corrected chi connectivity index (χ4v) is 1.52. The normalized spacial score (nSPS) is 16.4. The van der Waals surface area contributed by atoms with Crippen LogP contribution in [0.2, 0.25) is 5.15 Å². The molecule has 0 aliphatic carbocycles.